The number of hydrogen-bond donors (Lipinski definition) is 0. The fourth-order valence-corrected chi connectivity index (χ4v) is 4.69. The Bertz CT molecular complexity index is 339. The summed E-state index contributed by atoms with van der Waals surface area (Å²) in [5, 5.41) is 0. The smallest absolute Gasteiger partial charge is 0.00537 e. The van der Waals surface area contributed by atoms with Gasteiger partial charge in [-0.15, -0.1) is 0 Å². The van der Waals surface area contributed by atoms with Crippen molar-refractivity contribution in [1.82, 2.24) is 0 Å². The SMILES string of the molecule is C1=CC2(CCCC2)C2C3=C(CCC3)C12. The maximum Gasteiger partial charge on any atom is 0.00537 e. The van der Waals surface area contributed by atoms with Crippen LogP contribution in [-0.4, -0.2) is 0 Å². The molecule has 1 fully saturated rings. The molecule has 74 valence electrons. The minimum absolute atomic E-state index is 0.661. The van der Waals surface area contributed by atoms with Crippen LogP contribution in [0.25, 0.3) is 0 Å². The van der Waals surface area contributed by atoms with Crippen LogP contribution in [0, 0.1) is 17.3 Å². The second kappa shape index (κ2) is 2.35. The summed E-state index contributed by atoms with van der Waals surface area (Å²) in [4.78, 5) is 0. The van der Waals surface area contributed by atoms with E-state index in [1.54, 1.807) is 0 Å². The van der Waals surface area contributed by atoms with Gasteiger partial charge in [-0.25, -0.2) is 0 Å². The monoisotopic (exact) mass is 186 g/mol. The first-order valence-electron chi connectivity index (χ1n) is 6.32. The van der Waals surface area contributed by atoms with E-state index in [1.807, 2.05) is 11.1 Å². The van der Waals surface area contributed by atoms with Gasteiger partial charge >= 0.3 is 0 Å². The van der Waals surface area contributed by atoms with Gasteiger partial charge in [0.1, 0.15) is 0 Å². The normalized spacial score (nSPS) is 41.7. The van der Waals surface area contributed by atoms with Crippen molar-refractivity contribution in [2.75, 3.05) is 0 Å². The lowest BCUT2D eigenvalue weighted by atomic mass is 9.60. The molecule has 0 saturated heterocycles. The van der Waals surface area contributed by atoms with Crippen molar-refractivity contribution in [3.8, 4) is 0 Å². The van der Waals surface area contributed by atoms with Crippen LogP contribution in [0.2, 0.25) is 0 Å². The lowest BCUT2D eigenvalue weighted by Gasteiger charge is -2.43. The molecule has 0 aromatic carbocycles. The minimum Gasteiger partial charge on any atom is -0.0811 e. The molecule has 4 aliphatic carbocycles. The average Bonchev–Trinajstić information content (AvgIpc) is 2.81. The molecule has 2 unspecified atom stereocenters. The summed E-state index contributed by atoms with van der Waals surface area (Å²) in [7, 11) is 0. The van der Waals surface area contributed by atoms with Crippen molar-refractivity contribution < 1.29 is 0 Å². The summed E-state index contributed by atoms with van der Waals surface area (Å²) < 4.78 is 0. The summed E-state index contributed by atoms with van der Waals surface area (Å²) >= 11 is 0. The van der Waals surface area contributed by atoms with E-state index in [4.69, 9.17) is 0 Å². The number of fused-ring (bicyclic) bond motifs is 4. The predicted molar refractivity (Wildman–Crippen MR) is 57.9 cm³/mol. The van der Waals surface area contributed by atoms with Crippen molar-refractivity contribution in [2.45, 2.75) is 44.9 Å². The topological polar surface area (TPSA) is 0 Å². The van der Waals surface area contributed by atoms with Crippen LogP contribution in [0.3, 0.4) is 0 Å². The van der Waals surface area contributed by atoms with Crippen LogP contribution in [0.1, 0.15) is 44.9 Å². The van der Waals surface area contributed by atoms with Crippen LogP contribution in [0.4, 0.5) is 0 Å². The third kappa shape index (κ3) is 0.699. The first-order valence-corrected chi connectivity index (χ1v) is 6.32. The summed E-state index contributed by atoms with van der Waals surface area (Å²) in [6.07, 6.45) is 15.4. The van der Waals surface area contributed by atoms with Crippen molar-refractivity contribution in [2.24, 2.45) is 17.3 Å². The Morgan fingerprint density at radius 1 is 1.00 bits per heavy atom. The van der Waals surface area contributed by atoms with Gasteiger partial charge in [0, 0.05) is 5.92 Å². The maximum atomic E-state index is 2.60. The fraction of sp³-hybridized carbons (Fsp3) is 0.714. The van der Waals surface area contributed by atoms with Crippen LogP contribution < -0.4 is 0 Å². The van der Waals surface area contributed by atoms with Gasteiger partial charge < -0.3 is 0 Å². The van der Waals surface area contributed by atoms with E-state index in [0.717, 1.165) is 11.8 Å². The molecule has 2 atom stereocenters. The molecule has 0 bridgehead atoms. The van der Waals surface area contributed by atoms with E-state index >= 15 is 0 Å². The van der Waals surface area contributed by atoms with Crippen molar-refractivity contribution >= 4 is 0 Å². The quantitative estimate of drug-likeness (QED) is 0.504. The first-order chi connectivity index (χ1) is 6.91. The van der Waals surface area contributed by atoms with Gasteiger partial charge in [0.05, 0.1) is 0 Å². The Balaban J connectivity index is 1.76. The third-order valence-corrected chi connectivity index (χ3v) is 5.23. The predicted octanol–water partition coefficient (Wildman–Crippen LogP) is 3.84. The van der Waals surface area contributed by atoms with Gasteiger partial charge in [-0.1, -0.05) is 36.1 Å². The zero-order valence-corrected chi connectivity index (χ0v) is 8.76. The molecule has 0 nitrogen and oxygen atoms in total. The summed E-state index contributed by atoms with van der Waals surface area (Å²) in [5.74, 6) is 1.90. The molecule has 1 saturated carbocycles. The Kier molecular flexibility index (Phi) is 1.30. The molecular weight excluding hydrogens is 168 g/mol. The summed E-state index contributed by atoms with van der Waals surface area (Å²) in [5.41, 5.74) is 4.42. The zero-order valence-electron chi connectivity index (χ0n) is 8.76. The van der Waals surface area contributed by atoms with E-state index in [9.17, 15) is 0 Å². The van der Waals surface area contributed by atoms with Crippen LogP contribution in [0.15, 0.2) is 23.3 Å². The molecule has 4 aliphatic rings. The Morgan fingerprint density at radius 2 is 1.79 bits per heavy atom. The van der Waals surface area contributed by atoms with E-state index in [0.29, 0.717) is 5.41 Å². The highest BCUT2D eigenvalue weighted by Gasteiger charge is 2.55. The van der Waals surface area contributed by atoms with Crippen LogP contribution >= 0.6 is 0 Å². The molecule has 0 aromatic heterocycles. The second-order valence-electron chi connectivity index (χ2n) is 5.71. The number of hydrogen-bond acceptors (Lipinski definition) is 0. The number of allylic oxidation sites excluding steroid dienone is 4. The van der Waals surface area contributed by atoms with Gasteiger partial charge in [0.25, 0.3) is 0 Å². The van der Waals surface area contributed by atoms with Gasteiger partial charge in [0.2, 0.25) is 0 Å². The van der Waals surface area contributed by atoms with E-state index in [-0.39, 0.29) is 0 Å². The summed E-state index contributed by atoms with van der Waals surface area (Å²) in [6, 6.07) is 0. The summed E-state index contributed by atoms with van der Waals surface area (Å²) in [6.45, 7) is 0. The minimum atomic E-state index is 0.661. The van der Waals surface area contributed by atoms with Crippen molar-refractivity contribution in [3.05, 3.63) is 23.3 Å². The molecule has 4 rings (SSSR count). The molecule has 0 N–H and O–H groups in total. The average molecular weight is 186 g/mol. The highest BCUT2D eigenvalue weighted by atomic mass is 14.6. The standard InChI is InChI=1S/C14H18/c1-2-8-14(7-1)9-6-12-10-4-3-5-11(10)13(12)14/h6,9,12-13H,1-5,7-8H2. The van der Waals surface area contributed by atoms with E-state index in [2.05, 4.69) is 12.2 Å². The molecule has 0 heterocycles. The largest absolute Gasteiger partial charge is 0.0811 e. The lowest BCUT2D eigenvalue weighted by molar-refractivity contribution is 0.229. The molecule has 14 heavy (non-hydrogen) atoms. The van der Waals surface area contributed by atoms with Gasteiger partial charge in [-0.2, -0.15) is 0 Å². The molecule has 1 spiro atoms. The molecule has 0 amide bonds. The zero-order chi connectivity index (χ0) is 9.17. The Morgan fingerprint density at radius 3 is 2.64 bits per heavy atom. The van der Waals surface area contributed by atoms with Gasteiger partial charge in [-0.05, 0) is 43.4 Å². The maximum absolute atomic E-state index is 2.60. The van der Waals surface area contributed by atoms with Gasteiger partial charge in [-0.3, -0.25) is 0 Å². The van der Waals surface area contributed by atoms with Gasteiger partial charge in [0.15, 0.2) is 0 Å². The molecule has 0 aromatic rings. The highest BCUT2D eigenvalue weighted by molar-refractivity contribution is 5.46. The fourth-order valence-electron chi connectivity index (χ4n) is 4.69. The molecular formula is C14H18. The third-order valence-electron chi connectivity index (χ3n) is 5.23. The van der Waals surface area contributed by atoms with Crippen molar-refractivity contribution in [3.63, 3.8) is 0 Å². The highest BCUT2D eigenvalue weighted by Crippen LogP contribution is 2.65. The van der Waals surface area contributed by atoms with Crippen molar-refractivity contribution in [1.29, 1.82) is 0 Å². The first kappa shape index (κ1) is 7.73. The molecule has 0 heteroatoms. The van der Waals surface area contributed by atoms with Crippen LogP contribution in [0.5, 0.6) is 0 Å². The Labute approximate surface area is 86.1 Å². The Hall–Kier alpha value is -0.520. The van der Waals surface area contributed by atoms with Crippen LogP contribution in [-0.2, 0) is 0 Å². The number of rotatable bonds is 0. The van der Waals surface area contributed by atoms with E-state index < -0.39 is 0 Å². The van der Waals surface area contributed by atoms with E-state index in [1.165, 1.54) is 44.9 Å². The molecule has 0 aliphatic heterocycles. The lowest BCUT2D eigenvalue weighted by Crippen LogP contribution is -2.35. The molecule has 0 radical (unpaired) electrons. The second-order valence-corrected chi connectivity index (χ2v) is 5.71.